The Labute approximate surface area is 126 Å². The van der Waals surface area contributed by atoms with Gasteiger partial charge in [-0.3, -0.25) is 19.3 Å². The summed E-state index contributed by atoms with van der Waals surface area (Å²) in [6.45, 7) is 0.0661. The zero-order valence-corrected chi connectivity index (χ0v) is 11.6. The van der Waals surface area contributed by atoms with E-state index in [-0.39, 0.29) is 17.7 Å². The van der Waals surface area contributed by atoms with Crippen LogP contribution in [0, 0.1) is 0 Å². The van der Waals surface area contributed by atoms with Crippen molar-refractivity contribution in [2.45, 2.75) is 12.5 Å². The van der Waals surface area contributed by atoms with Crippen molar-refractivity contribution in [3.8, 4) is 0 Å². The molecule has 1 aliphatic heterocycles. The molecule has 0 aliphatic carbocycles. The minimum Gasteiger partial charge on any atom is -0.480 e. The SMILES string of the molecule is O=C(O)C1C(=O)N(Cc2ccccc2)C(=O)c2ccccc21. The van der Waals surface area contributed by atoms with Gasteiger partial charge in [0.05, 0.1) is 6.54 Å². The van der Waals surface area contributed by atoms with Crippen LogP contribution in [0.1, 0.15) is 27.4 Å². The molecule has 2 amide bonds. The molecule has 0 fully saturated rings. The fourth-order valence-electron chi connectivity index (χ4n) is 2.63. The number of carboxylic acids is 1. The van der Waals surface area contributed by atoms with E-state index in [4.69, 9.17) is 0 Å². The summed E-state index contributed by atoms with van der Waals surface area (Å²) in [5.74, 6) is -3.73. The summed E-state index contributed by atoms with van der Waals surface area (Å²) in [5, 5.41) is 9.37. The van der Waals surface area contributed by atoms with Crippen LogP contribution in [-0.4, -0.2) is 27.8 Å². The van der Waals surface area contributed by atoms with Crippen molar-refractivity contribution in [1.29, 1.82) is 0 Å². The van der Waals surface area contributed by atoms with E-state index in [1.807, 2.05) is 6.07 Å². The molecule has 2 aromatic carbocycles. The Bertz CT molecular complexity index is 754. The molecule has 1 atom stereocenters. The van der Waals surface area contributed by atoms with Gasteiger partial charge in [0.1, 0.15) is 0 Å². The van der Waals surface area contributed by atoms with Crippen molar-refractivity contribution < 1.29 is 19.5 Å². The number of benzene rings is 2. The quantitative estimate of drug-likeness (QED) is 0.694. The zero-order chi connectivity index (χ0) is 15.7. The molecular weight excluding hydrogens is 282 g/mol. The zero-order valence-electron chi connectivity index (χ0n) is 11.6. The normalized spacial score (nSPS) is 17.3. The summed E-state index contributed by atoms with van der Waals surface area (Å²) < 4.78 is 0. The third-order valence-electron chi connectivity index (χ3n) is 3.69. The highest BCUT2D eigenvalue weighted by atomic mass is 16.4. The summed E-state index contributed by atoms with van der Waals surface area (Å²) in [7, 11) is 0. The predicted molar refractivity (Wildman–Crippen MR) is 78.1 cm³/mol. The molecule has 0 saturated heterocycles. The Kier molecular flexibility index (Phi) is 3.47. The summed E-state index contributed by atoms with van der Waals surface area (Å²) in [6.07, 6.45) is 0. The molecule has 2 aromatic rings. The minimum atomic E-state index is -1.34. The van der Waals surface area contributed by atoms with Crippen LogP contribution in [0.3, 0.4) is 0 Å². The number of amides is 2. The molecule has 1 unspecified atom stereocenters. The fourth-order valence-corrected chi connectivity index (χ4v) is 2.63. The second-order valence-corrected chi connectivity index (χ2v) is 5.07. The van der Waals surface area contributed by atoms with Gasteiger partial charge in [-0.15, -0.1) is 0 Å². The van der Waals surface area contributed by atoms with Crippen LogP contribution < -0.4 is 0 Å². The van der Waals surface area contributed by atoms with Crippen LogP contribution in [0.25, 0.3) is 0 Å². The van der Waals surface area contributed by atoms with Crippen LogP contribution in [0.4, 0.5) is 0 Å². The van der Waals surface area contributed by atoms with Gasteiger partial charge >= 0.3 is 5.97 Å². The van der Waals surface area contributed by atoms with Gasteiger partial charge in [-0.1, -0.05) is 48.5 Å². The number of nitrogens with zero attached hydrogens (tertiary/aromatic N) is 1. The first-order chi connectivity index (χ1) is 10.6. The van der Waals surface area contributed by atoms with Gasteiger partial charge in [0.15, 0.2) is 5.92 Å². The number of hydrogen-bond donors (Lipinski definition) is 1. The van der Waals surface area contributed by atoms with Gasteiger partial charge in [0.2, 0.25) is 5.91 Å². The fraction of sp³-hybridized carbons (Fsp3) is 0.118. The van der Waals surface area contributed by atoms with Gasteiger partial charge in [-0.25, -0.2) is 0 Å². The number of rotatable bonds is 3. The Balaban J connectivity index is 2.04. The van der Waals surface area contributed by atoms with Gasteiger partial charge in [0, 0.05) is 5.56 Å². The molecule has 0 spiro atoms. The van der Waals surface area contributed by atoms with Crippen LogP contribution >= 0.6 is 0 Å². The Morgan fingerprint density at radius 1 is 1.00 bits per heavy atom. The van der Waals surface area contributed by atoms with Crippen LogP contribution in [0.5, 0.6) is 0 Å². The number of carbonyl (C=O) groups excluding carboxylic acids is 2. The van der Waals surface area contributed by atoms with E-state index >= 15 is 0 Å². The lowest BCUT2D eigenvalue weighted by Crippen LogP contribution is -2.46. The van der Waals surface area contributed by atoms with E-state index in [1.165, 1.54) is 6.07 Å². The van der Waals surface area contributed by atoms with Crippen molar-refractivity contribution in [2.75, 3.05) is 0 Å². The van der Waals surface area contributed by atoms with Gasteiger partial charge in [-0.2, -0.15) is 0 Å². The standard InChI is InChI=1S/C17H13NO4/c19-15-13-9-5-4-8-12(13)14(17(21)22)16(20)18(15)10-11-6-2-1-3-7-11/h1-9,14H,10H2,(H,21,22). The van der Waals surface area contributed by atoms with E-state index < -0.39 is 23.7 Å². The van der Waals surface area contributed by atoms with E-state index in [9.17, 15) is 19.5 Å². The number of fused-ring (bicyclic) bond motifs is 1. The average Bonchev–Trinajstić information content (AvgIpc) is 2.52. The van der Waals surface area contributed by atoms with E-state index in [2.05, 4.69) is 0 Å². The lowest BCUT2D eigenvalue weighted by Gasteiger charge is -2.30. The lowest BCUT2D eigenvalue weighted by molar-refractivity contribution is -0.146. The Hall–Kier alpha value is -2.95. The molecular formula is C17H13NO4. The molecule has 1 aliphatic rings. The monoisotopic (exact) mass is 295 g/mol. The Morgan fingerprint density at radius 2 is 1.64 bits per heavy atom. The number of aliphatic carboxylic acids is 1. The van der Waals surface area contributed by atoms with Crippen LogP contribution in [0.15, 0.2) is 54.6 Å². The molecule has 0 radical (unpaired) electrons. The number of carboxylic acid groups (broad SMARTS) is 1. The molecule has 110 valence electrons. The predicted octanol–water partition coefficient (Wildman–Crippen LogP) is 2.04. The highest BCUT2D eigenvalue weighted by Crippen LogP contribution is 2.30. The van der Waals surface area contributed by atoms with E-state index in [0.717, 1.165) is 10.5 Å². The number of imide groups is 1. The van der Waals surface area contributed by atoms with Gasteiger partial charge in [-0.05, 0) is 17.2 Å². The molecule has 0 aromatic heterocycles. The Morgan fingerprint density at radius 3 is 2.32 bits per heavy atom. The first kappa shape index (κ1) is 14.0. The highest BCUT2D eigenvalue weighted by molar-refractivity contribution is 6.17. The molecule has 22 heavy (non-hydrogen) atoms. The van der Waals surface area contributed by atoms with E-state index in [1.54, 1.807) is 42.5 Å². The maximum absolute atomic E-state index is 12.5. The lowest BCUT2D eigenvalue weighted by atomic mass is 9.88. The number of hydrogen-bond acceptors (Lipinski definition) is 3. The maximum atomic E-state index is 12.5. The summed E-state index contributed by atoms with van der Waals surface area (Å²) >= 11 is 0. The molecule has 5 nitrogen and oxygen atoms in total. The summed E-state index contributed by atoms with van der Waals surface area (Å²) in [6, 6.07) is 15.4. The third-order valence-corrected chi connectivity index (χ3v) is 3.69. The van der Waals surface area contributed by atoms with Crippen molar-refractivity contribution >= 4 is 17.8 Å². The maximum Gasteiger partial charge on any atom is 0.320 e. The van der Waals surface area contributed by atoms with Crippen molar-refractivity contribution in [1.82, 2.24) is 4.90 Å². The summed E-state index contributed by atoms with van der Waals surface area (Å²) in [4.78, 5) is 37.5. The van der Waals surface area contributed by atoms with Gasteiger partial charge in [0.25, 0.3) is 5.91 Å². The first-order valence-corrected chi connectivity index (χ1v) is 6.81. The molecule has 0 saturated carbocycles. The largest absolute Gasteiger partial charge is 0.480 e. The second kappa shape index (κ2) is 5.44. The second-order valence-electron chi connectivity index (χ2n) is 5.07. The average molecular weight is 295 g/mol. The van der Waals surface area contributed by atoms with Crippen LogP contribution in [0.2, 0.25) is 0 Å². The first-order valence-electron chi connectivity index (χ1n) is 6.81. The third kappa shape index (κ3) is 2.26. The topological polar surface area (TPSA) is 74.7 Å². The number of carbonyl (C=O) groups is 3. The minimum absolute atomic E-state index is 0.0661. The van der Waals surface area contributed by atoms with Gasteiger partial charge < -0.3 is 5.11 Å². The molecule has 3 rings (SSSR count). The van der Waals surface area contributed by atoms with Crippen molar-refractivity contribution in [3.63, 3.8) is 0 Å². The smallest absolute Gasteiger partial charge is 0.320 e. The molecule has 5 heteroatoms. The van der Waals surface area contributed by atoms with E-state index in [0.29, 0.717) is 0 Å². The molecule has 1 heterocycles. The van der Waals surface area contributed by atoms with Crippen molar-refractivity contribution in [2.24, 2.45) is 0 Å². The highest BCUT2D eigenvalue weighted by Gasteiger charge is 2.42. The molecule has 0 bridgehead atoms. The van der Waals surface area contributed by atoms with Crippen LogP contribution in [-0.2, 0) is 16.1 Å². The molecule has 1 N–H and O–H groups in total. The van der Waals surface area contributed by atoms with Crippen molar-refractivity contribution in [3.05, 3.63) is 71.3 Å². The summed E-state index contributed by atoms with van der Waals surface area (Å²) in [5.41, 5.74) is 1.30.